The minimum Gasteiger partial charge on any atom is -0.347 e. The minimum atomic E-state index is -0.0555. The Morgan fingerprint density at radius 2 is 2.04 bits per heavy atom. The molecule has 0 aromatic carbocycles. The van der Waals surface area contributed by atoms with Crippen LogP contribution in [0.15, 0.2) is 43.0 Å². The van der Waals surface area contributed by atoms with Crippen LogP contribution in [0.1, 0.15) is 41.2 Å². The smallest absolute Gasteiger partial charge is 0.253 e. The van der Waals surface area contributed by atoms with Gasteiger partial charge in [0, 0.05) is 55.5 Å². The molecule has 3 aromatic rings. The van der Waals surface area contributed by atoms with Gasteiger partial charge in [0.2, 0.25) is 5.95 Å². The van der Waals surface area contributed by atoms with Gasteiger partial charge in [0.15, 0.2) is 0 Å². The Morgan fingerprint density at radius 1 is 1.12 bits per heavy atom. The number of hydrogen-bond acceptors (Lipinski definition) is 5. The van der Waals surface area contributed by atoms with Gasteiger partial charge < -0.3 is 14.6 Å². The lowest BCUT2D eigenvalue weighted by Gasteiger charge is -2.17. The summed E-state index contributed by atoms with van der Waals surface area (Å²) < 4.78 is 1.85. The van der Waals surface area contributed by atoms with Crippen LogP contribution in [-0.4, -0.2) is 44.4 Å². The molecule has 1 aliphatic carbocycles. The zero-order valence-electron chi connectivity index (χ0n) is 14.4. The molecule has 1 saturated heterocycles. The van der Waals surface area contributed by atoms with Crippen molar-refractivity contribution in [3.63, 3.8) is 0 Å². The summed E-state index contributed by atoms with van der Waals surface area (Å²) in [7, 11) is 0. The summed E-state index contributed by atoms with van der Waals surface area (Å²) >= 11 is 0. The van der Waals surface area contributed by atoms with E-state index in [0.717, 1.165) is 36.8 Å². The molecular formula is C19H20N6O. The van der Waals surface area contributed by atoms with Crippen LogP contribution in [0.3, 0.4) is 0 Å². The van der Waals surface area contributed by atoms with E-state index < -0.39 is 0 Å². The van der Waals surface area contributed by atoms with Crippen molar-refractivity contribution in [2.75, 3.05) is 18.0 Å². The van der Waals surface area contributed by atoms with Crippen molar-refractivity contribution in [3.8, 4) is 0 Å². The minimum absolute atomic E-state index is 0.0555. The normalized spacial score (nSPS) is 19.8. The number of fused-ring (bicyclic) bond motifs is 1. The quantitative estimate of drug-likeness (QED) is 0.781. The predicted octanol–water partition coefficient (Wildman–Crippen LogP) is 2.01. The van der Waals surface area contributed by atoms with E-state index in [9.17, 15) is 4.79 Å². The molecule has 4 heterocycles. The van der Waals surface area contributed by atoms with Crippen LogP contribution in [0.2, 0.25) is 0 Å². The van der Waals surface area contributed by atoms with E-state index in [4.69, 9.17) is 4.98 Å². The van der Waals surface area contributed by atoms with Crippen molar-refractivity contribution in [1.29, 1.82) is 0 Å². The van der Waals surface area contributed by atoms with Crippen LogP contribution < -0.4 is 10.2 Å². The molecule has 1 unspecified atom stereocenters. The first-order valence-electron chi connectivity index (χ1n) is 9.08. The predicted molar refractivity (Wildman–Crippen MR) is 97.3 cm³/mol. The number of amides is 1. The Labute approximate surface area is 151 Å². The second kappa shape index (κ2) is 6.09. The van der Waals surface area contributed by atoms with Crippen LogP contribution in [0, 0.1) is 0 Å². The summed E-state index contributed by atoms with van der Waals surface area (Å²) in [5.41, 5.74) is 2.62. The van der Waals surface area contributed by atoms with Crippen molar-refractivity contribution < 1.29 is 4.79 Å². The second-order valence-corrected chi connectivity index (χ2v) is 7.07. The summed E-state index contributed by atoms with van der Waals surface area (Å²) in [6.45, 7) is 1.60. The Kier molecular flexibility index (Phi) is 3.58. The molecule has 7 heteroatoms. The van der Waals surface area contributed by atoms with Gasteiger partial charge in [-0.05, 0) is 37.5 Å². The van der Waals surface area contributed by atoms with E-state index in [1.165, 1.54) is 12.8 Å². The second-order valence-electron chi connectivity index (χ2n) is 7.07. The highest BCUT2D eigenvalue weighted by Gasteiger charge is 2.29. The summed E-state index contributed by atoms with van der Waals surface area (Å²) in [6, 6.07) is 5.79. The Hall–Kier alpha value is -2.96. The first-order chi connectivity index (χ1) is 12.8. The molecule has 26 heavy (non-hydrogen) atoms. The number of carbonyl (C=O) groups is 1. The van der Waals surface area contributed by atoms with Gasteiger partial charge in [0.1, 0.15) is 5.65 Å². The summed E-state index contributed by atoms with van der Waals surface area (Å²) in [5, 5.41) is 3.13. The van der Waals surface area contributed by atoms with E-state index in [1.54, 1.807) is 6.20 Å². The van der Waals surface area contributed by atoms with E-state index in [-0.39, 0.29) is 11.9 Å². The molecule has 0 spiro atoms. The Bertz CT molecular complexity index is 963. The molecule has 1 atom stereocenters. The first-order valence-corrected chi connectivity index (χ1v) is 9.08. The van der Waals surface area contributed by atoms with Crippen molar-refractivity contribution in [2.24, 2.45) is 0 Å². The number of nitrogens with one attached hydrogen (secondary N) is 1. The maximum atomic E-state index is 12.6. The molecule has 2 aliphatic rings. The van der Waals surface area contributed by atoms with Gasteiger partial charge in [-0.3, -0.25) is 4.79 Å². The molecule has 132 valence electrons. The van der Waals surface area contributed by atoms with Crippen LogP contribution >= 0.6 is 0 Å². The average Bonchev–Trinajstić information content (AvgIpc) is 3.23. The molecule has 5 rings (SSSR count). The van der Waals surface area contributed by atoms with Crippen molar-refractivity contribution in [1.82, 2.24) is 24.7 Å². The Morgan fingerprint density at radius 3 is 2.92 bits per heavy atom. The molecule has 2 fully saturated rings. The molecule has 7 nitrogen and oxygen atoms in total. The fourth-order valence-electron chi connectivity index (χ4n) is 3.50. The van der Waals surface area contributed by atoms with Crippen LogP contribution in [-0.2, 0) is 0 Å². The molecule has 1 amide bonds. The summed E-state index contributed by atoms with van der Waals surface area (Å²) in [6.07, 6.45) is 10.6. The molecule has 1 saturated carbocycles. The van der Waals surface area contributed by atoms with Crippen molar-refractivity contribution in [2.45, 2.75) is 31.2 Å². The van der Waals surface area contributed by atoms with Crippen molar-refractivity contribution in [3.05, 3.63) is 54.2 Å². The maximum absolute atomic E-state index is 12.6. The van der Waals surface area contributed by atoms with Gasteiger partial charge in [-0.15, -0.1) is 0 Å². The van der Waals surface area contributed by atoms with Crippen molar-refractivity contribution >= 4 is 17.5 Å². The third-order valence-electron chi connectivity index (χ3n) is 5.12. The lowest BCUT2D eigenvalue weighted by Crippen LogP contribution is -2.37. The fraction of sp³-hybridized carbons (Fsp3) is 0.368. The number of rotatable bonds is 4. The number of anilines is 1. The van der Waals surface area contributed by atoms with Gasteiger partial charge in [0.25, 0.3) is 5.91 Å². The van der Waals surface area contributed by atoms with E-state index >= 15 is 0 Å². The zero-order valence-corrected chi connectivity index (χ0v) is 14.4. The van der Waals surface area contributed by atoms with Gasteiger partial charge in [-0.25, -0.2) is 15.0 Å². The number of hydrogen-bond donors (Lipinski definition) is 1. The number of aromatic nitrogens is 4. The van der Waals surface area contributed by atoms with Crippen LogP contribution in [0.25, 0.3) is 5.65 Å². The number of pyridine rings is 1. The van der Waals surface area contributed by atoms with Gasteiger partial charge in [-0.2, -0.15) is 0 Å². The standard InChI is InChI=1S/C19H20N6O/c26-18(14-3-4-17-20-8-10-24(17)11-14)22-15-6-9-25(12-15)19-21-7-5-16(23-19)13-1-2-13/h3-5,7-8,10-11,13,15H,1-2,6,9,12H2,(H,22,26). The highest BCUT2D eigenvalue weighted by Crippen LogP contribution is 2.39. The first kappa shape index (κ1) is 15.3. The lowest BCUT2D eigenvalue weighted by molar-refractivity contribution is 0.0940. The Balaban J connectivity index is 1.25. The monoisotopic (exact) mass is 348 g/mol. The van der Waals surface area contributed by atoms with Gasteiger partial charge in [-0.1, -0.05) is 0 Å². The molecule has 0 bridgehead atoms. The SMILES string of the molecule is O=C(NC1CCN(c2nccc(C3CC3)n2)C1)c1ccc2nccn2c1. The topological polar surface area (TPSA) is 75.4 Å². The number of nitrogens with zero attached hydrogens (tertiary/aromatic N) is 5. The lowest BCUT2D eigenvalue weighted by atomic mass is 10.2. The van der Waals surface area contributed by atoms with Crippen LogP contribution in [0.4, 0.5) is 5.95 Å². The van der Waals surface area contributed by atoms with Gasteiger partial charge in [0.05, 0.1) is 5.56 Å². The molecule has 1 aliphatic heterocycles. The molecule has 0 radical (unpaired) electrons. The average molecular weight is 348 g/mol. The highest BCUT2D eigenvalue weighted by molar-refractivity contribution is 5.94. The summed E-state index contributed by atoms with van der Waals surface area (Å²) in [5.74, 6) is 1.35. The number of imidazole rings is 1. The summed E-state index contributed by atoms with van der Waals surface area (Å²) in [4.78, 5) is 28.1. The van der Waals surface area contributed by atoms with E-state index in [2.05, 4.69) is 20.2 Å². The van der Waals surface area contributed by atoms with E-state index in [0.29, 0.717) is 11.5 Å². The highest BCUT2D eigenvalue weighted by atomic mass is 16.1. The number of carbonyl (C=O) groups excluding carboxylic acids is 1. The largest absolute Gasteiger partial charge is 0.347 e. The third kappa shape index (κ3) is 2.89. The van der Waals surface area contributed by atoms with Crippen LogP contribution in [0.5, 0.6) is 0 Å². The molecule has 1 N–H and O–H groups in total. The molecular weight excluding hydrogens is 328 g/mol. The molecule has 3 aromatic heterocycles. The van der Waals surface area contributed by atoms with E-state index in [1.807, 2.05) is 41.2 Å². The van der Waals surface area contributed by atoms with Gasteiger partial charge >= 0.3 is 0 Å². The zero-order chi connectivity index (χ0) is 17.5. The third-order valence-corrected chi connectivity index (χ3v) is 5.12. The fourth-order valence-corrected chi connectivity index (χ4v) is 3.50. The maximum Gasteiger partial charge on any atom is 0.253 e.